The second-order valence-electron chi connectivity index (χ2n) is 5.67. The molecule has 1 amide bonds. The van der Waals surface area contributed by atoms with E-state index in [9.17, 15) is 13.2 Å². The lowest BCUT2D eigenvalue weighted by molar-refractivity contribution is -0.113. The third-order valence-electron chi connectivity index (χ3n) is 3.77. The van der Waals surface area contributed by atoms with Crippen molar-refractivity contribution in [3.63, 3.8) is 0 Å². The van der Waals surface area contributed by atoms with Gasteiger partial charge in [0.1, 0.15) is 5.75 Å². The van der Waals surface area contributed by atoms with Crippen molar-refractivity contribution >= 4 is 32.5 Å². The summed E-state index contributed by atoms with van der Waals surface area (Å²) in [6.45, 7) is 3.89. The van der Waals surface area contributed by atoms with Crippen LogP contribution in [0.2, 0.25) is 0 Å². The summed E-state index contributed by atoms with van der Waals surface area (Å²) < 4.78 is 24.7. The molecule has 7 heteroatoms. The van der Waals surface area contributed by atoms with Gasteiger partial charge in [-0.25, -0.2) is 13.4 Å². The number of rotatable bonds is 4. The Hall–Kier alpha value is -2.67. The molecule has 24 heavy (non-hydrogen) atoms. The molecule has 6 nitrogen and oxygen atoms in total. The quantitative estimate of drug-likeness (QED) is 0.761. The van der Waals surface area contributed by atoms with Gasteiger partial charge in [0.15, 0.2) is 0 Å². The molecule has 0 atom stereocenters. The Morgan fingerprint density at radius 1 is 1.12 bits per heavy atom. The molecule has 3 rings (SSSR count). The molecule has 0 saturated heterocycles. The smallest absolute Gasteiger partial charge is 0.240 e. The number of H-pyrrole nitrogens is 1. The third-order valence-corrected chi connectivity index (χ3v) is 5.20. The van der Waals surface area contributed by atoms with E-state index in [1.165, 1.54) is 0 Å². The van der Waals surface area contributed by atoms with Crippen LogP contribution in [-0.2, 0) is 14.6 Å². The van der Waals surface area contributed by atoms with E-state index in [2.05, 4.69) is 15.3 Å². The molecule has 1 aromatic heterocycles. The largest absolute Gasteiger partial charge is 0.329 e. The van der Waals surface area contributed by atoms with Crippen molar-refractivity contribution in [3.05, 3.63) is 53.6 Å². The lowest BCUT2D eigenvalue weighted by Crippen LogP contribution is -2.23. The first-order valence-electron chi connectivity index (χ1n) is 7.40. The van der Waals surface area contributed by atoms with E-state index in [-0.39, 0.29) is 5.16 Å². The molecular weight excluding hydrogens is 326 g/mol. The molecule has 2 N–H and O–H groups in total. The van der Waals surface area contributed by atoms with Crippen LogP contribution >= 0.6 is 0 Å². The fourth-order valence-electron chi connectivity index (χ4n) is 2.33. The van der Waals surface area contributed by atoms with Gasteiger partial charge in [0.05, 0.1) is 11.0 Å². The van der Waals surface area contributed by atoms with Gasteiger partial charge >= 0.3 is 0 Å². The standard InChI is InChI=1S/C17H17N3O3S/c1-11-7-8-13(9-12(11)2)18-16(21)10-24(22,23)17-19-14-5-3-4-6-15(14)20-17/h3-9H,10H2,1-2H3,(H,18,21)(H,19,20). The summed E-state index contributed by atoms with van der Waals surface area (Å²) in [7, 11) is -3.84. The highest BCUT2D eigenvalue weighted by atomic mass is 32.2. The lowest BCUT2D eigenvalue weighted by Gasteiger charge is -2.07. The van der Waals surface area contributed by atoms with Crippen LogP contribution in [0.25, 0.3) is 11.0 Å². The topological polar surface area (TPSA) is 91.9 Å². The summed E-state index contributed by atoms with van der Waals surface area (Å²) in [5.74, 6) is -1.27. The fraction of sp³-hybridized carbons (Fsp3) is 0.176. The first kappa shape index (κ1) is 16.2. The number of amides is 1. The number of carbonyl (C=O) groups excluding carboxylic acids is 1. The summed E-state index contributed by atoms with van der Waals surface area (Å²) in [5.41, 5.74) is 3.86. The van der Waals surface area contributed by atoms with Gasteiger partial charge in [-0.3, -0.25) is 4.79 Å². The van der Waals surface area contributed by atoms with Gasteiger partial charge in [-0.2, -0.15) is 0 Å². The van der Waals surface area contributed by atoms with Crippen LogP contribution in [0.4, 0.5) is 5.69 Å². The molecular formula is C17H17N3O3S. The van der Waals surface area contributed by atoms with E-state index in [4.69, 9.17) is 0 Å². The number of aryl methyl sites for hydroxylation is 2. The average molecular weight is 343 g/mol. The predicted molar refractivity (Wildman–Crippen MR) is 92.7 cm³/mol. The SMILES string of the molecule is Cc1ccc(NC(=O)CS(=O)(=O)c2nc3ccccc3[nH]2)cc1C. The first-order valence-corrected chi connectivity index (χ1v) is 9.05. The van der Waals surface area contributed by atoms with Crippen LogP contribution in [0.1, 0.15) is 11.1 Å². The van der Waals surface area contributed by atoms with Gasteiger partial charge in [0, 0.05) is 5.69 Å². The van der Waals surface area contributed by atoms with Gasteiger partial charge in [-0.15, -0.1) is 0 Å². The Balaban J connectivity index is 1.78. The molecule has 0 fully saturated rings. The Morgan fingerprint density at radius 3 is 2.58 bits per heavy atom. The van der Waals surface area contributed by atoms with Gasteiger partial charge in [0.2, 0.25) is 20.9 Å². The molecule has 1 heterocycles. The van der Waals surface area contributed by atoms with Crippen molar-refractivity contribution in [2.45, 2.75) is 19.0 Å². The average Bonchev–Trinajstić information content (AvgIpc) is 2.95. The molecule has 0 spiro atoms. The van der Waals surface area contributed by atoms with Crippen molar-refractivity contribution < 1.29 is 13.2 Å². The highest BCUT2D eigenvalue weighted by molar-refractivity contribution is 7.92. The Morgan fingerprint density at radius 2 is 1.88 bits per heavy atom. The fourth-order valence-corrected chi connectivity index (χ4v) is 3.39. The molecule has 0 bridgehead atoms. The number of benzene rings is 2. The summed E-state index contributed by atoms with van der Waals surface area (Å²) >= 11 is 0. The van der Waals surface area contributed by atoms with Gasteiger partial charge in [-0.05, 0) is 49.2 Å². The number of hydrogen-bond donors (Lipinski definition) is 2. The normalized spacial score (nSPS) is 11.6. The minimum Gasteiger partial charge on any atom is -0.329 e. The van der Waals surface area contributed by atoms with Crippen molar-refractivity contribution in [1.29, 1.82) is 0 Å². The van der Waals surface area contributed by atoms with Crippen molar-refractivity contribution in [2.24, 2.45) is 0 Å². The zero-order chi connectivity index (χ0) is 17.3. The minimum atomic E-state index is -3.84. The van der Waals surface area contributed by atoms with E-state index in [0.717, 1.165) is 11.1 Å². The Bertz CT molecular complexity index is 989. The summed E-state index contributed by atoms with van der Waals surface area (Å²) in [6, 6.07) is 12.4. The molecule has 0 saturated carbocycles. The number of aromatic amines is 1. The number of sulfone groups is 1. The zero-order valence-corrected chi connectivity index (χ0v) is 14.1. The monoisotopic (exact) mass is 343 g/mol. The van der Waals surface area contributed by atoms with Gasteiger partial charge in [0.25, 0.3) is 0 Å². The number of nitrogens with one attached hydrogen (secondary N) is 2. The molecule has 0 unspecified atom stereocenters. The number of hydrogen-bond acceptors (Lipinski definition) is 4. The van der Waals surface area contributed by atoms with Crippen molar-refractivity contribution in [3.8, 4) is 0 Å². The van der Waals surface area contributed by atoms with Crippen LogP contribution in [0.5, 0.6) is 0 Å². The van der Waals surface area contributed by atoms with Crippen molar-refractivity contribution in [2.75, 3.05) is 11.1 Å². The summed E-state index contributed by atoms with van der Waals surface area (Å²) in [5, 5.41) is 2.41. The highest BCUT2D eigenvalue weighted by Crippen LogP contribution is 2.17. The number of anilines is 1. The van der Waals surface area contributed by atoms with Crippen LogP contribution < -0.4 is 5.32 Å². The maximum absolute atomic E-state index is 12.4. The lowest BCUT2D eigenvalue weighted by atomic mass is 10.1. The Labute approximate surface area is 139 Å². The predicted octanol–water partition coefficient (Wildman–Crippen LogP) is 2.59. The highest BCUT2D eigenvalue weighted by Gasteiger charge is 2.23. The molecule has 3 aromatic rings. The maximum Gasteiger partial charge on any atom is 0.240 e. The third kappa shape index (κ3) is 3.30. The van der Waals surface area contributed by atoms with E-state index >= 15 is 0 Å². The zero-order valence-electron chi connectivity index (χ0n) is 13.3. The second kappa shape index (κ2) is 6.09. The summed E-state index contributed by atoms with van der Waals surface area (Å²) in [6.07, 6.45) is 0. The van der Waals surface area contributed by atoms with Gasteiger partial charge in [-0.1, -0.05) is 18.2 Å². The van der Waals surface area contributed by atoms with Crippen LogP contribution in [-0.4, -0.2) is 30.0 Å². The molecule has 0 aliphatic carbocycles. The number of para-hydroxylation sites is 2. The van der Waals surface area contributed by atoms with Crippen LogP contribution in [0.3, 0.4) is 0 Å². The molecule has 2 aromatic carbocycles. The van der Waals surface area contributed by atoms with Crippen LogP contribution in [0, 0.1) is 13.8 Å². The summed E-state index contributed by atoms with van der Waals surface area (Å²) in [4.78, 5) is 18.9. The number of nitrogens with zero attached hydrogens (tertiary/aromatic N) is 1. The molecule has 0 aliphatic rings. The van der Waals surface area contributed by atoms with E-state index in [0.29, 0.717) is 16.7 Å². The van der Waals surface area contributed by atoms with Crippen LogP contribution in [0.15, 0.2) is 47.6 Å². The molecule has 0 aliphatic heterocycles. The second-order valence-corrected chi connectivity index (χ2v) is 7.57. The molecule has 0 radical (unpaired) electrons. The van der Waals surface area contributed by atoms with Gasteiger partial charge < -0.3 is 10.3 Å². The number of carbonyl (C=O) groups is 1. The van der Waals surface area contributed by atoms with E-state index in [1.54, 1.807) is 36.4 Å². The first-order chi connectivity index (χ1) is 11.3. The Kier molecular flexibility index (Phi) is 4.11. The van der Waals surface area contributed by atoms with E-state index < -0.39 is 21.5 Å². The van der Waals surface area contributed by atoms with E-state index in [1.807, 2.05) is 19.9 Å². The maximum atomic E-state index is 12.4. The minimum absolute atomic E-state index is 0.195. The molecule has 124 valence electrons. The number of imidazole rings is 1. The van der Waals surface area contributed by atoms with Crippen molar-refractivity contribution in [1.82, 2.24) is 9.97 Å². The number of aromatic nitrogens is 2. The number of fused-ring (bicyclic) bond motifs is 1.